The minimum Gasteiger partial charge on any atom is -0.477 e. The zero-order chi connectivity index (χ0) is 12.8. The first kappa shape index (κ1) is 13.4. The first-order chi connectivity index (χ1) is 8.83. The summed E-state index contributed by atoms with van der Waals surface area (Å²) in [6, 6.07) is 0.415. The summed E-state index contributed by atoms with van der Waals surface area (Å²) in [6.07, 6.45) is 7.93. The van der Waals surface area contributed by atoms with E-state index in [9.17, 15) is 0 Å². The molecule has 0 radical (unpaired) electrons. The summed E-state index contributed by atoms with van der Waals surface area (Å²) in [6.45, 7) is 2.74. The predicted molar refractivity (Wildman–Crippen MR) is 73.3 cm³/mol. The van der Waals surface area contributed by atoms with Gasteiger partial charge in [0.1, 0.15) is 5.82 Å². The monoisotopic (exact) mass is 269 g/mol. The van der Waals surface area contributed by atoms with Gasteiger partial charge >= 0.3 is 0 Å². The number of rotatable bonds is 6. The highest BCUT2D eigenvalue weighted by atomic mass is 35.5. The van der Waals surface area contributed by atoms with Crippen molar-refractivity contribution in [2.45, 2.75) is 38.6 Å². The number of alkyl halides is 1. The second kappa shape index (κ2) is 6.78. The van der Waals surface area contributed by atoms with Gasteiger partial charge < -0.3 is 10.1 Å². The molecule has 0 aromatic carbocycles. The van der Waals surface area contributed by atoms with E-state index in [1.54, 1.807) is 12.4 Å². The van der Waals surface area contributed by atoms with Crippen molar-refractivity contribution in [1.29, 1.82) is 0 Å². The van der Waals surface area contributed by atoms with E-state index in [-0.39, 0.29) is 0 Å². The molecule has 1 fully saturated rings. The van der Waals surface area contributed by atoms with Crippen molar-refractivity contribution in [3.63, 3.8) is 0 Å². The largest absolute Gasteiger partial charge is 0.477 e. The number of ether oxygens (including phenoxy) is 1. The first-order valence-corrected chi connectivity index (χ1v) is 7.14. The van der Waals surface area contributed by atoms with Crippen LogP contribution in [0.5, 0.6) is 5.88 Å². The fraction of sp³-hybridized carbons (Fsp3) is 0.692. The molecule has 1 aromatic rings. The summed E-state index contributed by atoms with van der Waals surface area (Å²) in [5, 5.41) is 3.42. The Morgan fingerprint density at radius 3 is 3.11 bits per heavy atom. The smallest absolute Gasteiger partial charge is 0.234 e. The van der Waals surface area contributed by atoms with Gasteiger partial charge in [0, 0.05) is 11.9 Å². The Morgan fingerprint density at radius 1 is 1.44 bits per heavy atom. The molecule has 1 aromatic heterocycles. The molecule has 0 bridgehead atoms. The molecule has 0 spiro atoms. The molecular weight excluding hydrogens is 250 g/mol. The van der Waals surface area contributed by atoms with Crippen LogP contribution in [0.4, 0.5) is 5.82 Å². The summed E-state index contributed by atoms with van der Waals surface area (Å²) in [7, 11) is 0. The Hall–Kier alpha value is -1.03. The lowest BCUT2D eigenvalue weighted by molar-refractivity contribution is 0.304. The van der Waals surface area contributed by atoms with Crippen molar-refractivity contribution in [1.82, 2.24) is 9.97 Å². The van der Waals surface area contributed by atoms with Crippen LogP contribution in [0, 0.1) is 5.92 Å². The van der Waals surface area contributed by atoms with Gasteiger partial charge in [0.05, 0.1) is 19.0 Å². The first-order valence-electron chi connectivity index (χ1n) is 6.60. The highest BCUT2D eigenvalue weighted by Gasteiger charge is 2.26. The van der Waals surface area contributed by atoms with Gasteiger partial charge in [0.25, 0.3) is 0 Å². The standard InChI is InChI=1S/C13H20ClN3O/c1-2-6-18-13-9-15-8-12(17-13)16-11-5-3-4-10(11)7-14/h8-11H,2-7H2,1H3,(H,16,17). The van der Waals surface area contributed by atoms with Crippen LogP contribution in [-0.4, -0.2) is 28.5 Å². The molecule has 4 nitrogen and oxygen atoms in total. The topological polar surface area (TPSA) is 47.0 Å². The van der Waals surface area contributed by atoms with Crippen LogP contribution in [0.25, 0.3) is 0 Å². The molecule has 1 heterocycles. The lowest BCUT2D eigenvalue weighted by Crippen LogP contribution is -2.25. The molecule has 2 unspecified atom stereocenters. The molecule has 1 N–H and O–H groups in total. The van der Waals surface area contributed by atoms with Gasteiger partial charge in [0.2, 0.25) is 5.88 Å². The quantitative estimate of drug-likeness (QED) is 0.806. The lowest BCUT2D eigenvalue weighted by atomic mass is 10.1. The number of aromatic nitrogens is 2. The third-order valence-electron chi connectivity index (χ3n) is 3.26. The van der Waals surface area contributed by atoms with Gasteiger partial charge in [-0.05, 0) is 25.2 Å². The van der Waals surface area contributed by atoms with Gasteiger partial charge in [-0.2, -0.15) is 4.98 Å². The molecule has 5 heteroatoms. The average molecular weight is 270 g/mol. The number of nitrogens with one attached hydrogen (secondary N) is 1. The van der Waals surface area contributed by atoms with E-state index in [2.05, 4.69) is 22.2 Å². The van der Waals surface area contributed by atoms with E-state index in [0.29, 0.717) is 30.3 Å². The highest BCUT2D eigenvalue weighted by molar-refractivity contribution is 6.18. The van der Waals surface area contributed by atoms with Crippen LogP contribution in [-0.2, 0) is 0 Å². The van der Waals surface area contributed by atoms with E-state index in [1.807, 2.05) is 0 Å². The van der Waals surface area contributed by atoms with Crippen molar-refractivity contribution in [3.05, 3.63) is 12.4 Å². The lowest BCUT2D eigenvalue weighted by Gasteiger charge is -2.19. The van der Waals surface area contributed by atoms with Crippen molar-refractivity contribution in [2.75, 3.05) is 17.8 Å². The van der Waals surface area contributed by atoms with Crippen molar-refractivity contribution >= 4 is 17.4 Å². The Balaban J connectivity index is 1.96. The fourth-order valence-corrected chi connectivity index (χ4v) is 2.66. The van der Waals surface area contributed by atoms with Crippen LogP contribution >= 0.6 is 11.6 Å². The van der Waals surface area contributed by atoms with Gasteiger partial charge in [-0.1, -0.05) is 13.3 Å². The highest BCUT2D eigenvalue weighted by Crippen LogP contribution is 2.29. The zero-order valence-electron chi connectivity index (χ0n) is 10.7. The normalized spacial score (nSPS) is 23.0. The Morgan fingerprint density at radius 2 is 2.33 bits per heavy atom. The molecular formula is C13H20ClN3O. The molecule has 1 aliphatic carbocycles. The molecule has 2 rings (SSSR count). The van der Waals surface area contributed by atoms with Crippen LogP contribution in [0.1, 0.15) is 32.6 Å². The van der Waals surface area contributed by atoms with E-state index in [1.165, 1.54) is 12.8 Å². The summed E-state index contributed by atoms with van der Waals surface area (Å²) < 4.78 is 5.47. The number of halogens is 1. The molecule has 0 saturated heterocycles. The summed E-state index contributed by atoms with van der Waals surface area (Å²) in [4.78, 5) is 8.55. The number of nitrogens with zero attached hydrogens (tertiary/aromatic N) is 2. The van der Waals surface area contributed by atoms with Crippen LogP contribution < -0.4 is 10.1 Å². The molecule has 0 amide bonds. The Kier molecular flexibility index (Phi) is 5.05. The minimum atomic E-state index is 0.415. The van der Waals surface area contributed by atoms with Crippen molar-refractivity contribution in [3.8, 4) is 5.88 Å². The van der Waals surface area contributed by atoms with Gasteiger partial charge in [-0.3, -0.25) is 4.98 Å². The number of hydrogen-bond donors (Lipinski definition) is 1. The molecule has 1 saturated carbocycles. The second-order valence-electron chi connectivity index (χ2n) is 4.69. The molecule has 100 valence electrons. The zero-order valence-corrected chi connectivity index (χ0v) is 11.5. The van der Waals surface area contributed by atoms with Crippen molar-refractivity contribution < 1.29 is 4.74 Å². The molecule has 2 atom stereocenters. The summed E-state index contributed by atoms with van der Waals surface area (Å²) in [5.74, 6) is 2.61. The minimum absolute atomic E-state index is 0.415. The molecule has 1 aliphatic rings. The molecule has 18 heavy (non-hydrogen) atoms. The van der Waals surface area contributed by atoms with Crippen LogP contribution in [0.3, 0.4) is 0 Å². The van der Waals surface area contributed by atoms with E-state index < -0.39 is 0 Å². The van der Waals surface area contributed by atoms with Crippen LogP contribution in [0.2, 0.25) is 0 Å². The van der Waals surface area contributed by atoms with E-state index in [0.717, 1.165) is 18.7 Å². The maximum absolute atomic E-state index is 5.97. The third kappa shape index (κ3) is 3.48. The molecule has 0 aliphatic heterocycles. The van der Waals surface area contributed by atoms with E-state index in [4.69, 9.17) is 16.3 Å². The number of hydrogen-bond acceptors (Lipinski definition) is 4. The Bertz CT molecular complexity index is 375. The van der Waals surface area contributed by atoms with Gasteiger partial charge in [0.15, 0.2) is 0 Å². The predicted octanol–water partition coefficient (Wildman–Crippen LogP) is 3.08. The SMILES string of the molecule is CCCOc1cncc(NC2CCCC2CCl)n1. The van der Waals surface area contributed by atoms with Gasteiger partial charge in [-0.15, -0.1) is 11.6 Å². The maximum atomic E-state index is 5.97. The second-order valence-corrected chi connectivity index (χ2v) is 5.00. The van der Waals surface area contributed by atoms with Crippen LogP contribution in [0.15, 0.2) is 12.4 Å². The maximum Gasteiger partial charge on any atom is 0.234 e. The van der Waals surface area contributed by atoms with E-state index >= 15 is 0 Å². The van der Waals surface area contributed by atoms with Gasteiger partial charge in [-0.25, -0.2) is 0 Å². The summed E-state index contributed by atoms with van der Waals surface area (Å²) >= 11 is 5.97. The van der Waals surface area contributed by atoms with Crippen molar-refractivity contribution in [2.24, 2.45) is 5.92 Å². The fourth-order valence-electron chi connectivity index (χ4n) is 2.30. The Labute approximate surface area is 113 Å². The average Bonchev–Trinajstić information content (AvgIpc) is 2.84. The third-order valence-corrected chi connectivity index (χ3v) is 3.65. The number of anilines is 1. The summed E-state index contributed by atoms with van der Waals surface area (Å²) in [5.41, 5.74) is 0.